The molecule has 1 saturated carbocycles. The standard InChI is InChI=1S/C11H22O2/c1-4-12-13-11(2,3)10-8-6-5-7-9-10/h10H,4-9H2,1-3H3. The van der Waals surface area contributed by atoms with Crippen molar-refractivity contribution in [3.8, 4) is 0 Å². The Hall–Kier alpha value is -0.0800. The smallest absolute Gasteiger partial charge is 0.101 e. The van der Waals surface area contributed by atoms with Gasteiger partial charge in [0.1, 0.15) is 5.60 Å². The van der Waals surface area contributed by atoms with Crippen LogP contribution in [0.4, 0.5) is 0 Å². The third-order valence-electron chi connectivity index (χ3n) is 2.98. The fourth-order valence-corrected chi connectivity index (χ4v) is 2.08. The van der Waals surface area contributed by atoms with Gasteiger partial charge in [-0.1, -0.05) is 19.3 Å². The first-order valence-electron chi connectivity index (χ1n) is 5.47. The number of rotatable bonds is 4. The van der Waals surface area contributed by atoms with E-state index in [1.807, 2.05) is 6.92 Å². The molecule has 0 saturated heterocycles. The van der Waals surface area contributed by atoms with E-state index < -0.39 is 0 Å². The minimum Gasteiger partial charge on any atom is -0.236 e. The molecular weight excluding hydrogens is 164 g/mol. The Labute approximate surface area is 81.5 Å². The summed E-state index contributed by atoms with van der Waals surface area (Å²) >= 11 is 0. The fraction of sp³-hybridized carbons (Fsp3) is 1.00. The normalized spacial score (nSPS) is 20.5. The molecule has 0 radical (unpaired) electrons. The van der Waals surface area contributed by atoms with E-state index in [1.165, 1.54) is 32.1 Å². The van der Waals surface area contributed by atoms with Crippen LogP contribution in [0, 0.1) is 5.92 Å². The van der Waals surface area contributed by atoms with Gasteiger partial charge in [-0.2, -0.15) is 0 Å². The predicted molar refractivity (Wildman–Crippen MR) is 53.4 cm³/mol. The largest absolute Gasteiger partial charge is 0.236 e. The van der Waals surface area contributed by atoms with Crippen LogP contribution in [0.3, 0.4) is 0 Å². The van der Waals surface area contributed by atoms with E-state index in [9.17, 15) is 0 Å². The summed E-state index contributed by atoms with van der Waals surface area (Å²) < 4.78 is 0. The molecule has 13 heavy (non-hydrogen) atoms. The van der Waals surface area contributed by atoms with Gasteiger partial charge in [-0.05, 0) is 39.5 Å². The predicted octanol–water partition coefficient (Wildman–Crippen LogP) is 3.31. The summed E-state index contributed by atoms with van der Waals surface area (Å²) in [5, 5.41) is 0. The fourth-order valence-electron chi connectivity index (χ4n) is 2.08. The molecule has 78 valence electrons. The van der Waals surface area contributed by atoms with Gasteiger partial charge in [0, 0.05) is 0 Å². The summed E-state index contributed by atoms with van der Waals surface area (Å²) in [5.41, 5.74) is -0.101. The van der Waals surface area contributed by atoms with E-state index in [1.54, 1.807) is 0 Å². The molecular formula is C11H22O2. The summed E-state index contributed by atoms with van der Waals surface area (Å²) in [6, 6.07) is 0. The van der Waals surface area contributed by atoms with Gasteiger partial charge in [0.05, 0.1) is 6.61 Å². The van der Waals surface area contributed by atoms with Crippen LogP contribution >= 0.6 is 0 Å². The second-order valence-corrected chi connectivity index (χ2v) is 4.43. The molecule has 0 amide bonds. The quantitative estimate of drug-likeness (QED) is 0.495. The molecule has 1 aliphatic rings. The second-order valence-electron chi connectivity index (χ2n) is 4.43. The lowest BCUT2D eigenvalue weighted by molar-refractivity contribution is -0.363. The molecule has 2 heteroatoms. The SMILES string of the molecule is CCOOC(C)(C)C1CCCCC1. The highest BCUT2D eigenvalue weighted by Crippen LogP contribution is 2.34. The Morgan fingerprint density at radius 3 is 2.31 bits per heavy atom. The molecule has 0 aromatic heterocycles. The van der Waals surface area contributed by atoms with Crippen LogP contribution in [0.5, 0.6) is 0 Å². The van der Waals surface area contributed by atoms with Crippen LogP contribution in [0.2, 0.25) is 0 Å². The van der Waals surface area contributed by atoms with Crippen molar-refractivity contribution < 1.29 is 9.78 Å². The summed E-state index contributed by atoms with van der Waals surface area (Å²) in [6.07, 6.45) is 6.68. The molecule has 0 unspecified atom stereocenters. The second kappa shape index (κ2) is 4.97. The topological polar surface area (TPSA) is 18.5 Å². The van der Waals surface area contributed by atoms with Crippen molar-refractivity contribution in [2.45, 2.75) is 58.5 Å². The van der Waals surface area contributed by atoms with Crippen LogP contribution in [-0.2, 0) is 9.78 Å². The summed E-state index contributed by atoms with van der Waals surface area (Å²) in [6.45, 7) is 6.87. The van der Waals surface area contributed by atoms with E-state index in [-0.39, 0.29) is 5.60 Å². The highest BCUT2D eigenvalue weighted by molar-refractivity contribution is 4.80. The molecule has 0 N–H and O–H groups in total. The Morgan fingerprint density at radius 1 is 1.15 bits per heavy atom. The highest BCUT2D eigenvalue weighted by atomic mass is 17.2. The first kappa shape index (κ1) is 11.0. The van der Waals surface area contributed by atoms with Crippen LogP contribution in [0.1, 0.15) is 52.9 Å². The molecule has 0 heterocycles. The van der Waals surface area contributed by atoms with Crippen molar-refractivity contribution in [1.29, 1.82) is 0 Å². The molecule has 0 aliphatic heterocycles. The lowest BCUT2D eigenvalue weighted by atomic mass is 9.79. The van der Waals surface area contributed by atoms with Gasteiger partial charge >= 0.3 is 0 Å². The highest BCUT2D eigenvalue weighted by Gasteiger charge is 2.32. The molecule has 2 nitrogen and oxygen atoms in total. The van der Waals surface area contributed by atoms with Gasteiger partial charge in [-0.3, -0.25) is 0 Å². The molecule has 0 aromatic carbocycles. The molecule has 1 fully saturated rings. The summed E-state index contributed by atoms with van der Waals surface area (Å²) in [7, 11) is 0. The Morgan fingerprint density at radius 2 is 1.77 bits per heavy atom. The van der Waals surface area contributed by atoms with Gasteiger partial charge in [0.2, 0.25) is 0 Å². The van der Waals surface area contributed by atoms with Crippen molar-refractivity contribution in [3.05, 3.63) is 0 Å². The molecule has 0 atom stereocenters. The summed E-state index contributed by atoms with van der Waals surface area (Å²) in [5.74, 6) is 0.674. The minimum absolute atomic E-state index is 0.101. The Balaban J connectivity index is 2.36. The minimum atomic E-state index is -0.101. The zero-order chi connectivity index (χ0) is 9.73. The third-order valence-corrected chi connectivity index (χ3v) is 2.98. The van der Waals surface area contributed by atoms with Crippen molar-refractivity contribution in [2.75, 3.05) is 6.61 Å². The molecule has 0 spiro atoms. The van der Waals surface area contributed by atoms with E-state index >= 15 is 0 Å². The average Bonchev–Trinajstić information content (AvgIpc) is 2.16. The van der Waals surface area contributed by atoms with E-state index in [2.05, 4.69) is 13.8 Å². The first-order chi connectivity index (χ1) is 6.17. The van der Waals surface area contributed by atoms with Gasteiger partial charge in [0.15, 0.2) is 0 Å². The van der Waals surface area contributed by atoms with Gasteiger partial charge < -0.3 is 0 Å². The zero-order valence-electron chi connectivity index (χ0n) is 9.14. The lowest BCUT2D eigenvalue weighted by Crippen LogP contribution is -2.35. The van der Waals surface area contributed by atoms with Gasteiger partial charge in [0.25, 0.3) is 0 Å². The molecule has 0 aromatic rings. The zero-order valence-corrected chi connectivity index (χ0v) is 9.14. The molecule has 1 aliphatic carbocycles. The average molecular weight is 186 g/mol. The third kappa shape index (κ3) is 3.28. The van der Waals surface area contributed by atoms with Crippen molar-refractivity contribution >= 4 is 0 Å². The lowest BCUT2D eigenvalue weighted by Gasteiger charge is -2.35. The van der Waals surface area contributed by atoms with Crippen molar-refractivity contribution in [3.63, 3.8) is 0 Å². The Bertz CT molecular complexity index is 137. The molecule has 1 rings (SSSR count). The van der Waals surface area contributed by atoms with Crippen LogP contribution in [0.25, 0.3) is 0 Å². The Kier molecular flexibility index (Phi) is 4.20. The summed E-state index contributed by atoms with van der Waals surface area (Å²) in [4.78, 5) is 10.5. The molecule has 0 bridgehead atoms. The van der Waals surface area contributed by atoms with E-state index in [0.717, 1.165) is 0 Å². The van der Waals surface area contributed by atoms with Crippen molar-refractivity contribution in [1.82, 2.24) is 0 Å². The van der Waals surface area contributed by atoms with E-state index in [4.69, 9.17) is 9.78 Å². The monoisotopic (exact) mass is 186 g/mol. The van der Waals surface area contributed by atoms with Gasteiger partial charge in [-0.25, -0.2) is 9.78 Å². The van der Waals surface area contributed by atoms with Crippen molar-refractivity contribution in [2.24, 2.45) is 5.92 Å². The van der Waals surface area contributed by atoms with Crippen LogP contribution < -0.4 is 0 Å². The van der Waals surface area contributed by atoms with Crippen LogP contribution in [0.15, 0.2) is 0 Å². The maximum absolute atomic E-state index is 5.42. The maximum atomic E-state index is 5.42. The number of hydrogen-bond donors (Lipinski definition) is 0. The maximum Gasteiger partial charge on any atom is 0.101 e. The van der Waals surface area contributed by atoms with E-state index in [0.29, 0.717) is 12.5 Å². The first-order valence-corrected chi connectivity index (χ1v) is 5.47. The van der Waals surface area contributed by atoms with Gasteiger partial charge in [-0.15, -0.1) is 0 Å². The number of hydrogen-bond acceptors (Lipinski definition) is 2. The van der Waals surface area contributed by atoms with Crippen LogP contribution in [-0.4, -0.2) is 12.2 Å².